The van der Waals surface area contributed by atoms with Crippen molar-refractivity contribution in [1.82, 2.24) is 4.98 Å². The first-order valence-corrected chi connectivity index (χ1v) is 5.93. The summed E-state index contributed by atoms with van der Waals surface area (Å²) < 4.78 is 13.2. The van der Waals surface area contributed by atoms with Gasteiger partial charge in [-0.3, -0.25) is 4.79 Å². The van der Waals surface area contributed by atoms with Crippen LogP contribution in [0.2, 0.25) is 15.1 Å². The van der Waals surface area contributed by atoms with Crippen LogP contribution in [0.15, 0.2) is 24.3 Å². The van der Waals surface area contributed by atoms with Crippen molar-refractivity contribution < 1.29 is 9.18 Å². The second-order valence-electron chi connectivity index (χ2n) is 3.41. The zero-order chi connectivity index (χ0) is 13.3. The Labute approximate surface area is 117 Å². The Morgan fingerprint density at radius 2 is 1.72 bits per heavy atom. The topological polar surface area (TPSA) is 30.0 Å². The molecule has 6 heteroatoms. The summed E-state index contributed by atoms with van der Waals surface area (Å²) in [6.07, 6.45) is 0.551. The molecule has 1 heterocycles. The maximum absolute atomic E-state index is 13.2. The molecule has 0 radical (unpaired) electrons. The van der Waals surface area contributed by atoms with Crippen molar-refractivity contribution in [3.8, 4) is 11.3 Å². The van der Waals surface area contributed by atoms with Gasteiger partial charge in [0, 0.05) is 11.1 Å². The van der Waals surface area contributed by atoms with Gasteiger partial charge in [-0.25, -0.2) is 4.98 Å². The summed E-state index contributed by atoms with van der Waals surface area (Å²) in [6, 6.07) is 5.40. The fourth-order valence-electron chi connectivity index (χ4n) is 1.49. The first kappa shape index (κ1) is 13.3. The van der Waals surface area contributed by atoms with Crippen LogP contribution in [0.5, 0.6) is 0 Å². The lowest BCUT2D eigenvalue weighted by Gasteiger charge is -2.09. The van der Waals surface area contributed by atoms with E-state index in [0.717, 1.165) is 6.07 Å². The van der Waals surface area contributed by atoms with E-state index in [1.807, 2.05) is 0 Å². The predicted octanol–water partition coefficient (Wildman–Crippen LogP) is 4.66. The molecule has 1 aromatic heterocycles. The molecule has 0 N–H and O–H groups in total. The van der Waals surface area contributed by atoms with E-state index in [4.69, 9.17) is 34.8 Å². The van der Waals surface area contributed by atoms with Gasteiger partial charge in [0.1, 0.15) is 0 Å². The molecule has 0 aliphatic heterocycles. The Bertz CT molecular complexity index is 631. The second kappa shape index (κ2) is 5.22. The number of pyridine rings is 1. The van der Waals surface area contributed by atoms with Crippen LogP contribution >= 0.6 is 34.8 Å². The number of nitrogens with zero attached hydrogens (tertiary/aromatic N) is 1. The molecule has 0 atom stereocenters. The molecule has 2 aromatic rings. The number of aldehydes is 1. The third-order valence-electron chi connectivity index (χ3n) is 2.30. The van der Waals surface area contributed by atoms with Gasteiger partial charge >= 0.3 is 0 Å². The summed E-state index contributed by atoms with van der Waals surface area (Å²) in [4.78, 5) is 14.6. The fourth-order valence-corrected chi connectivity index (χ4v) is 2.19. The van der Waals surface area contributed by atoms with Crippen LogP contribution in [-0.4, -0.2) is 11.3 Å². The van der Waals surface area contributed by atoms with Crippen molar-refractivity contribution in [1.29, 1.82) is 0 Å². The van der Waals surface area contributed by atoms with E-state index in [0.29, 0.717) is 6.29 Å². The third kappa shape index (κ3) is 2.34. The SMILES string of the molecule is O=Cc1ccc(F)nc1-c1c(Cl)ccc(Cl)c1Cl. The van der Waals surface area contributed by atoms with E-state index in [1.165, 1.54) is 18.2 Å². The number of carbonyl (C=O) groups excluding carboxylic acids is 1. The van der Waals surface area contributed by atoms with Crippen LogP contribution in [0.1, 0.15) is 10.4 Å². The number of aromatic nitrogens is 1. The molecule has 18 heavy (non-hydrogen) atoms. The molecule has 1 aromatic carbocycles. The van der Waals surface area contributed by atoms with E-state index in [9.17, 15) is 9.18 Å². The molecular weight excluding hydrogens is 299 g/mol. The number of hydrogen-bond acceptors (Lipinski definition) is 2. The molecule has 0 saturated heterocycles. The minimum Gasteiger partial charge on any atom is -0.298 e. The third-order valence-corrected chi connectivity index (χ3v) is 3.42. The number of benzene rings is 1. The van der Waals surface area contributed by atoms with Crippen LogP contribution in [0.4, 0.5) is 4.39 Å². The Morgan fingerprint density at radius 3 is 2.39 bits per heavy atom. The van der Waals surface area contributed by atoms with Crippen LogP contribution < -0.4 is 0 Å². The molecule has 92 valence electrons. The van der Waals surface area contributed by atoms with Crippen molar-refractivity contribution in [2.75, 3.05) is 0 Å². The van der Waals surface area contributed by atoms with Gasteiger partial charge in [-0.05, 0) is 24.3 Å². The average Bonchev–Trinajstić information content (AvgIpc) is 2.35. The minimum absolute atomic E-state index is 0.0718. The van der Waals surface area contributed by atoms with Crippen molar-refractivity contribution >= 4 is 41.1 Å². The molecule has 0 aliphatic rings. The number of hydrogen-bond donors (Lipinski definition) is 0. The summed E-state index contributed by atoms with van der Waals surface area (Å²) in [7, 11) is 0. The normalized spacial score (nSPS) is 10.4. The summed E-state index contributed by atoms with van der Waals surface area (Å²) >= 11 is 17.9. The molecular formula is C12H5Cl3FNO. The summed E-state index contributed by atoms with van der Waals surface area (Å²) in [5, 5.41) is 0.620. The lowest BCUT2D eigenvalue weighted by atomic mass is 10.1. The smallest absolute Gasteiger partial charge is 0.213 e. The van der Waals surface area contributed by atoms with Gasteiger partial charge in [0.05, 0.1) is 20.8 Å². The maximum atomic E-state index is 13.2. The maximum Gasteiger partial charge on any atom is 0.213 e. The van der Waals surface area contributed by atoms with Gasteiger partial charge < -0.3 is 0 Å². The van der Waals surface area contributed by atoms with E-state index in [1.54, 1.807) is 0 Å². The highest BCUT2D eigenvalue weighted by atomic mass is 35.5. The van der Waals surface area contributed by atoms with E-state index in [-0.39, 0.29) is 31.9 Å². The summed E-state index contributed by atoms with van der Waals surface area (Å²) in [6.45, 7) is 0. The van der Waals surface area contributed by atoms with Gasteiger partial charge in [-0.15, -0.1) is 0 Å². The van der Waals surface area contributed by atoms with Crippen molar-refractivity contribution in [2.24, 2.45) is 0 Å². The monoisotopic (exact) mass is 303 g/mol. The Hall–Kier alpha value is -1.16. The second-order valence-corrected chi connectivity index (χ2v) is 4.60. The zero-order valence-corrected chi connectivity index (χ0v) is 11.0. The molecule has 0 saturated carbocycles. The highest BCUT2D eigenvalue weighted by Gasteiger charge is 2.17. The first-order valence-electron chi connectivity index (χ1n) is 4.80. The molecule has 0 aliphatic carbocycles. The van der Waals surface area contributed by atoms with Gasteiger partial charge in [0.25, 0.3) is 0 Å². The lowest BCUT2D eigenvalue weighted by molar-refractivity contribution is 0.112. The molecule has 0 unspecified atom stereocenters. The highest BCUT2D eigenvalue weighted by molar-refractivity contribution is 6.46. The molecule has 0 fully saturated rings. The number of carbonyl (C=O) groups is 1. The average molecular weight is 305 g/mol. The molecule has 0 bridgehead atoms. The predicted molar refractivity (Wildman–Crippen MR) is 70.0 cm³/mol. The van der Waals surface area contributed by atoms with Crippen LogP contribution in [0.3, 0.4) is 0 Å². The lowest BCUT2D eigenvalue weighted by Crippen LogP contribution is -1.96. The fraction of sp³-hybridized carbons (Fsp3) is 0. The number of rotatable bonds is 2. The van der Waals surface area contributed by atoms with Gasteiger partial charge in [-0.2, -0.15) is 4.39 Å². The van der Waals surface area contributed by atoms with Crippen molar-refractivity contribution in [3.63, 3.8) is 0 Å². The first-order chi connectivity index (χ1) is 8.54. The summed E-state index contributed by atoms with van der Waals surface area (Å²) in [5.74, 6) is -0.734. The Balaban J connectivity index is 2.80. The standard InChI is InChI=1S/C12H5Cl3FNO/c13-7-2-3-8(14)11(15)10(7)12-6(5-18)1-4-9(16)17-12/h1-5H. The molecule has 0 spiro atoms. The van der Waals surface area contributed by atoms with Gasteiger partial charge in [-0.1, -0.05) is 34.8 Å². The van der Waals surface area contributed by atoms with Crippen LogP contribution in [-0.2, 0) is 0 Å². The molecule has 2 rings (SSSR count). The Kier molecular flexibility index (Phi) is 3.85. The van der Waals surface area contributed by atoms with E-state index in [2.05, 4.69) is 4.98 Å². The zero-order valence-electron chi connectivity index (χ0n) is 8.75. The van der Waals surface area contributed by atoms with Gasteiger partial charge in [0.2, 0.25) is 5.95 Å². The quantitative estimate of drug-likeness (QED) is 0.459. The number of halogens is 4. The largest absolute Gasteiger partial charge is 0.298 e. The van der Waals surface area contributed by atoms with Crippen molar-refractivity contribution in [2.45, 2.75) is 0 Å². The minimum atomic E-state index is -0.734. The van der Waals surface area contributed by atoms with E-state index < -0.39 is 5.95 Å². The van der Waals surface area contributed by atoms with E-state index >= 15 is 0 Å². The summed E-state index contributed by atoms with van der Waals surface area (Å²) in [5.41, 5.74) is 0.498. The van der Waals surface area contributed by atoms with Crippen molar-refractivity contribution in [3.05, 3.63) is 50.8 Å². The highest BCUT2D eigenvalue weighted by Crippen LogP contribution is 2.39. The Morgan fingerprint density at radius 1 is 1.06 bits per heavy atom. The molecule has 2 nitrogen and oxygen atoms in total. The van der Waals surface area contributed by atoms with Gasteiger partial charge in [0.15, 0.2) is 6.29 Å². The molecule has 0 amide bonds. The van der Waals surface area contributed by atoms with Crippen LogP contribution in [0, 0.1) is 5.95 Å². The van der Waals surface area contributed by atoms with Crippen LogP contribution in [0.25, 0.3) is 11.3 Å².